The van der Waals surface area contributed by atoms with E-state index in [0.29, 0.717) is 18.8 Å². The fourth-order valence-corrected chi connectivity index (χ4v) is 1.74. The van der Waals surface area contributed by atoms with Crippen molar-refractivity contribution in [3.05, 3.63) is 46.8 Å². The molecule has 0 spiro atoms. The van der Waals surface area contributed by atoms with Gasteiger partial charge in [0.2, 0.25) is 0 Å². The molecule has 0 saturated heterocycles. The molecule has 1 heterocycles. The van der Waals surface area contributed by atoms with Crippen molar-refractivity contribution in [1.82, 2.24) is 10.5 Å². The van der Waals surface area contributed by atoms with E-state index in [0.717, 1.165) is 22.6 Å². The lowest BCUT2D eigenvalue weighted by Crippen LogP contribution is -2.13. The van der Waals surface area contributed by atoms with E-state index in [1.807, 2.05) is 32.0 Å². The summed E-state index contributed by atoms with van der Waals surface area (Å²) in [4.78, 5) is 0. The van der Waals surface area contributed by atoms with Crippen LogP contribution in [0.5, 0.6) is 5.75 Å². The summed E-state index contributed by atoms with van der Waals surface area (Å²) < 4.78 is 5.08. The molecule has 0 aliphatic rings. The maximum Gasteiger partial charge on any atom is 0.138 e. The first kappa shape index (κ1) is 11.7. The highest BCUT2D eigenvalue weighted by atomic mass is 16.5. The van der Waals surface area contributed by atoms with Gasteiger partial charge in [0, 0.05) is 24.2 Å². The lowest BCUT2D eigenvalue weighted by atomic mass is 10.2. The molecule has 90 valence electrons. The Kier molecular flexibility index (Phi) is 3.44. The van der Waals surface area contributed by atoms with E-state index in [-0.39, 0.29) is 0 Å². The molecule has 0 amide bonds. The summed E-state index contributed by atoms with van der Waals surface area (Å²) in [5, 5.41) is 16.8. The summed E-state index contributed by atoms with van der Waals surface area (Å²) in [5.74, 6) is 1.16. The number of aromatic hydroxyl groups is 1. The van der Waals surface area contributed by atoms with E-state index in [1.165, 1.54) is 0 Å². The monoisotopic (exact) mass is 232 g/mol. The molecule has 0 bridgehead atoms. The Labute approximate surface area is 100 Å². The van der Waals surface area contributed by atoms with E-state index in [2.05, 4.69) is 10.5 Å². The zero-order valence-electron chi connectivity index (χ0n) is 10.0. The van der Waals surface area contributed by atoms with Crippen LogP contribution in [0.4, 0.5) is 0 Å². The third-order valence-corrected chi connectivity index (χ3v) is 2.79. The summed E-state index contributed by atoms with van der Waals surface area (Å²) in [6.45, 7) is 5.14. The van der Waals surface area contributed by atoms with Crippen molar-refractivity contribution in [3.8, 4) is 5.75 Å². The highest BCUT2D eigenvalue weighted by Crippen LogP contribution is 2.16. The van der Waals surface area contributed by atoms with Crippen LogP contribution in [0.25, 0.3) is 0 Å². The van der Waals surface area contributed by atoms with E-state index in [4.69, 9.17) is 4.52 Å². The number of hydrogen-bond donors (Lipinski definition) is 2. The van der Waals surface area contributed by atoms with Crippen LogP contribution >= 0.6 is 0 Å². The number of phenols is 1. The number of aromatic nitrogens is 1. The average Bonchev–Trinajstić information content (AvgIpc) is 2.63. The molecule has 4 heteroatoms. The van der Waals surface area contributed by atoms with Crippen LogP contribution in [-0.4, -0.2) is 10.3 Å². The van der Waals surface area contributed by atoms with Crippen molar-refractivity contribution in [1.29, 1.82) is 0 Å². The highest BCUT2D eigenvalue weighted by Gasteiger charge is 2.08. The molecule has 0 atom stereocenters. The first-order valence-electron chi connectivity index (χ1n) is 5.58. The van der Waals surface area contributed by atoms with Gasteiger partial charge in [0.25, 0.3) is 0 Å². The largest absolute Gasteiger partial charge is 0.508 e. The summed E-state index contributed by atoms with van der Waals surface area (Å²) in [6.07, 6.45) is 0. The first-order valence-corrected chi connectivity index (χ1v) is 5.58. The molecule has 0 aliphatic heterocycles. The molecule has 4 nitrogen and oxygen atoms in total. The SMILES string of the molecule is Cc1noc(C)c1CNCc1ccccc1O. The van der Waals surface area contributed by atoms with Gasteiger partial charge < -0.3 is 14.9 Å². The second-order valence-electron chi connectivity index (χ2n) is 4.03. The number of hydrogen-bond acceptors (Lipinski definition) is 4. The smallest absolute Gasteiger partial charge is 0.138 e. The number of para-hydroxylation sites is 1. The summed E-state index contributed by atoms with van der Waals surface area (Å²) in [7, 11) is 0. The van der Waals surface area contributed by atoms with Crippen molar-refractivity contribution in [3.63, 3.8) is 0 Å². The van der Waals surface area contributed by atoms with Gasteiger partial charge in [-0.05, 0) is 19.9 Å². The minimum atomic E-state index is 0.318. The number of rotatable bonds is 4. The number of nitrogens with one attached hydrogen (secondary N) is 1. The van der Waals surface area contributed by atoms with Crippen LogP contribution in [0.3, 0.4) is 0 Å². The van der Waals surface area contributed by atoms with Gasteiger partial charge in [-0.2, -0.15) is 0 Å². The highest BCUT2D eigenvalue weighted by molar-refractivity contribution is 5.31. The Morgan fingerprint density at radius 3 is 2.65 bits per heavy atom. The van der Waals surface area contributed by atoms with Gasteiger partial charge in [-0.15, -0.1) is 0 Å². The fourth-order valence-electron chi connectivity index (χ4n) is 1.74. The zero-order chi connectivity index (χ0) is 12.3. The minimum absolute atomic E-state index is 0.318. The number of nitrogens with zero attached hydrogens (tertiary/aromatic N) is 1. The first-order chi connectivity index (χ1) is 8.18. The Morgan fingerprint density at radius 2 is 2.00 bits per heavy atom. The number of phenolic OH excluding ortho intramolecular Hbond substituents is 1. The quantitative estimate of drug-likeness (QED) is 0.849. The maximum atomic E-state index is 9.61. The molecule has 17 heavy (non-hydrogen) atoms. The van der Waals surface area contributed by atoms with Gasteiger partial charge in [0.1, 0.15) is 11.5 Å². The average molecular weight is 232 g/mol. The van der Waals surface area contributed by atoms with Crippen LogP contribution in [0, 0.1) is 13.8 Å². The zero-order valence-corrected chi connectivity index (χ0v) is 10.0. The Bertz CT molecular complexity index is 486. The topological polar surface area (TPSA) is 58.3 Å². The molecule has 0 aliphatic carbocycles. The lowest BCUT2D eigenvalue weighted by Gasteiger charge is -2.06. The van der Waals surface area contributed by atoms with Crippen LogP contribution in [0.15, 0.2) is 28.8 Å². The minimum Gasteiger partial charge on any atom is -0.508 e. The predicted octanol–water partition coefficient (Wildman–Crippen LogP) is 2.29. The Morgan fingerprint density at radius 1 is 1.24 bits per heavy atom. The Hall–Kier alpha value is -1.81. The van der Waals surface area contributed by atoms with Crippen LogP contribution < -0.4 is 5.32 Å². The molecule has 2 aromatic rings. The van der Waals surface area contributed by atoms with Gasteiger partial charge in [0.15, 0.2) is 0 Å². The lowest BCUT2D eigenvalue weighted by molar-refractivity contribution is 0.392. The van der Waals surface area contributed by atoms with Gasteiger partial charge in [0.05, 0.1) is 5.69 Å². The van der Waals surface area contributed by atoms with E-state index in [9.17, 15) is 5.11 Å². The number of aryl methyl sites for hydroxylation is 2. The normalized spacial score (nSPS) is 10.7. The molecule has 2 N–H and O–H groups in total. The van der Waals surface area contributed by atoms with Gasteiger partial charge in [-0.1, -0.05) is 23.4 Å². The predicted molar refractivity (Wildman–Crippen MR) is 64.6 cm³/mol. The third-order valence-electron chi connectivity index (χ3n) is 2.79. The molecule has 0 radical (unpaired) electrons. The standard InChI is InChI=1S/C13H16N2O2/c1-9-12(10(2)17-15-9)8-14-7-11-5-3-4-6-13(11)16/h3-6,14,16H,7-8H2,1-2H3. The second-order valence-corrected chi connectivity index (χ2v) is 4.03. The van der Waals surface area contributed by atoms with Gasteiger partial charge in [-0.25, -0.2) is 0 Å². The van der Waals surface area contributed by atoms with E-state index >= 15 is 0 Å². The van der Waals surface area contributed by atoms with Crippen LogP contribution in [0.1, 0.15) is 22.6 Å². The Balaban J connectivity index is 1.95. The molecule has 1 aromatic heterocycles. The van der Waals surface area contributed by atoms with Crippen LogP contribution in [0.2, 0.25) is 0 Å². The van der Waals surface area contributed by atoms with Crippen molar-refractivity contribution >= 4 is 0 Å². The fraction of sp³-hybridized carbons (Fsp3) is 0.308. The van der Waals surface area contributed by atoms with Gasteiger partial charge >= 0.3 is 0 Å². The molecular formula is C13H16N2O2. The maximum absolute atomic E-state index is 9.61. The van der Waals surface area contributed by atoms with Crippen molar-refractivity contribution in [2.75, 3.05) is 0 Å². The molecule has 2 rings (SSSR count). The van der Waals surface area contributed by atoms with E-state index in [1.54, 1.807) is 6.07 Å². The van der Waals surface area contributed by atoms with Crippen molar-refractivity contribution < 1.29 is 9.63 Å². The number of benzene rings is 1. The molecule has 0 saturated carbocycles. The van der Waals surface area contributed by atoms with Crippen LogP contribution in [-0.2, 0) is 13.1 Å². The van der Waals surface area contributed by atoms with E-state index < -0.39 is 0 Å². The third kappa shape index (κ3) is 2.65. The van der Waals surface area contributed by atoms with Gasteiger partial charge in [-0.3, -0.25) is 0 Å². The second kappa shape index (κ2) is 5.01. The summed E-state index contributed by atoms with van der Waals surface area (Å²) in [5.41, 5.74) is 2.88. The molecule has 0 unspecified atom stereocenters. The summed E-state index contributed by atoms with van der Waals surface area (Å²) in [6, 6.07) is 7.31. The summed E-state index contributed by atoms with van der Waals surface area (Å²) >= 11 is 0. The van der Waals surface area contributed by atoms with Crippen molar-refractivity contribution in [2.45, 2.75) is 26.9 Å². The molecule has 1 aromatic carbocycles. The molecule has 0 fully saturated rings. The van der Waals surface area contributed by atoms with Crippen molar-refractivity contribution in [2.24, 2.45) is 0 Å². The molecular weight excluding hydrogens is 216 g/mol.